The summed E-state index contributed by atoms with van der Waals surface area (Å²) in [7, 11) is -2.36. The lowest BCUT2D eigenvalue weighted by molar-refractivity contribution is 1.04. The van der Waals surface area contributed by atoms with Crippen LogP contribution >= 0.6 is 7.05 Å². The van der Waals surface area contributed by atoms with Gasteiger partial charge < -0.3 is 0 Å². The fourth-order valence-electron chi connectivity index (χ4n) is 3.76. The van der Waals surface area contributed by atoms with Crippen molar-refractivity contribution in [2.45, 2.75) is 13.5 Å². The van der Waals surface area contributed by atoms with Gasteiger partial charge in [-0.15, -0.1) is 0 Å². The highest BCUT2D eigenvalue weighted by molar-refractivity contribution is 7.87. The number of nitrogens with zero attached hydrogens (tertiary/aromatic N) is 4. The van der Waals surface area contributed by atoms with Crippen LogP contribution < -0.4 is 15.9 Å². The molecule has 0 unspecified atom stereocenters. The van der Waals surface area contributed by atoms with Crippen LogP contribution in [0.4, 0.5) is 5.69 Å². The van der Waals surface area contributed by atoms with Crippen LogP contribution in [0, 0.1) is 6.92 Å². The molecule has 0 radical (unpaired) electrons. The van der Waals surface area contributed by atoms with Gasteiger partial charge in [-0.3, -0.25) is 4.74 Å². The fraction of sp³-hybridized carbons (Fsp3) is 0.0769. The van der Waals surface area contributed by atoms with Crippen LogP contribution in [0.2, 0.25) is 0 Å². The van der Waals surface area contributed by atoms with Crippen LogP contribution in [-0.2, 0) is 6.54 Å². The van der Waals surface area contributed by atoms with Gasteiger partial charge in [-0.05, 0) is 24.1 Å². The van der Waals surface area contributed by atoms with Crippen LogP contribution in [-0.4, -0.2) is 0 Å². The molecule has 4 rings (SSSR count). The van der Waals surface area contributed by atoms with Gasteiger partial charge in [0.15, 0.2) is 0 Å². The molecule has 0 aliphatic carbocycles. The Bertz CT molecular complexity index is 1160. The Balaban J connectivity index is 2.13. The number of hydrogen-bond acceptors (Lipinski definition) is 2. The smallest absolute Gasteiger partial charge is 0.0658 e. The molecule has 4 aromatic rings. The molecule has 0 saturated carbocycles. The largest absolute Gasteiger partial charge is 0.254 e. The first-order valence-corrected chi connectivity index (χ1v) is 11.9. The third kappa shape index (κ3) is 4.32. The predicted molar refractivity (Wildman–Crippen MR) is 131 cm³/mol. The van der Waals surface area contributed by atoms with E-state index in [0.29, 0.717) is 0 Å². The van der Waals surface area contributed by atoms with E-state index in [9.17, 15) is 0 Å². The highest BCUT2D eigenvalue weighted by Gasteiger charge is 2.27. The first-order valence-electron chi connectivity index (χ1n) is 10.1. The molecule has 0 N–H and O–H groups in total. The lowest BCUT2D eigenvalue weighted by Crippen LogP contribution is -2.25. The summed E-state index contributed by atoms with van der Waals surface area (Å²) in [6, 6.07) is 37.7. The topological polar surface area (TPSA) is 61.1 Å². The fourth-order valence-corrected chi connectivity index (χ4v) is 7.33. The summed E-state index contributed by atoms with van der Waals surface area (Å²) in [5.74, 6) is 0. The monoisotopic (exact) mass is 422 g/mol. The summed E-state index contributed by atoms with van der Waals surface area (Å²) in [5.41, 5.74) is 11.8. The van der Waals surface area contributed by atoms with Gasteiger partial charge >= 0.3 is 0 Å². The number of aryl methyl sites for hydroxylation is 1. The van der Waals surface area contributed by atoms with E-state index in [4.69, 9.17) is 10.3 Å². The molecule has 0 aliphatic heterocycles. The second-order valence-electron chi connectivity index (χ2n) is 7.26. The standard InChI is InChI=1S/C26H23N4P/c1-21-17-18-26(22(19-21)20-28-30-27)29-31(23-11-5-2-6-12-23,24-13-7-3-8-14-24)25-15-9-4-10-16-25/h2-19H,20H2,1H3. The van der Waals surface area contributed by atoms with Crippen LogP contribution in [0.3, 0.4) is 0 Å². The van der Waals surface area contributed by atoms with Crippen LogP contribution in [0.25, 0.3) is 10.4 Å². The third-order valence-electron chi connectivity index (χ3n) is 5.19. The van der Waals surface area contributed by atoms with Gasteiger partial charge in [-0.1, -0.05) is 114 Å². The zero-order chi connectivity index (χ0) is 21.5. The number of hydrogen-bond donors (Lipinski definition) is 0. The minimum atomic E-state index is -2.36. The molecule has 0 bridgehead atoms. The van der Waals surface area contributed by atoms with Crippen LogP contribution in [0.1, 0.15) is 11.1 Å². The molecule has 4 aromatic carbocycles. The highest BCUT2D eigenvalue weighted by atomic mass is 31.2. The van der Waals surface area contributed by atoms with E-state index in [-0.39, 0.29) is 6.54 Å². The van der Waals surface area contributed by atoms with E-state index < -0.39 is 7.05 Å². The molecule has 152 valence electrons. The Labute approximate surface area is 182 Å². The summed E-state index contributed by atoms with van der Waals surface area (Å²) in [5, 5.41) is 7.37. The highest BCUT2D eigenvalue weighted by Crippen LogP contribution is 2.49. The molecule has 31 heavy (non-hydrogen) atoms. The second-order valence-corrected chi connectivity index (χ2v) is 10.3. The summed E-state index contributed by atoms with van der Waals surface area (Å²) in [6.45, 7) is 2.31. The van der Waals surface area contributed by atoms with E-state index in [1.807, 2.05) is 31.2 Å². The van der Waals surface area contributed by atoms with E-state index in [1.165, 1.54) is 15.9 Å². The zero-order valence-electron chi connectivity index (χ0n) is 17.3. The van der Waals surface area contributed by atoms with Crippen molar-refractivity contribution in [1.29, 1.82) is 0 Å². The second kappa shape index (κ2) is 9.49. The van der Waals surface area contributed by atoms with Gasteiger partial charge in [-0.2, -0.15) is 0 Å². The quantitative estimate of drug-likeness (QED) is 0.145. The number of azide groups is 1. The zero-order valence-corrected chi connectivity index (χ0v) is 18.2. The lowest BCUT2D eigenvalue weighted by Gasteiger charge is -2.27. The van der Waals surface area contributed by atoms with Gasteiger partial charge in [-0.25, -0.2) is 0 Å². The molecule has 0 amide bonds. The van der Waals surface area contributed by atoms with Gasteiger partial charge in [0.2, 0.25) is 0 Å². The summed E-state index contributed by atoms with van der Waals surface area (Å²) in [6.07, 6.45) is 0. The Morgan fingerprint density at radius 2 is 1.19 bits per heavy atom. The molecule has 4 nitrogen and oxygen atoms in total. The van der Waals surface area contributed by atoms with E-state index in [1.54, 1.807) is 0 Å². The van der Waals surface area contributed by atoms with Crippen molar-refractivity contribution in [1.82, 2.24) is 0 Å². The maximum absolute atomic E-state index is 8.89. The normalized spacial score (nSPS) is 10.9. The van der Waals surface area contributed by atoms with Crippen molar-refractivity contribution in [3.8, 4) is 0 Å². The first-order chi connectivity index (χ1) is 15.2. The molecule has 0 spiro atoms. The van der Waals surface area contributed by atoms with Gasteiger partial charge in [0.05, 0.1) is 19.3 Å². The molecule has 0 heterocycles. The Morgan fingerprint density at radius 1 is 0.710 bits per heavy atom. The third-order valence-corrected chi connectivity index (χ3v) is 8.84. The first kappa shape index (κ1) is 20.7. The average Bonchev–Trinajstić information content (AvgIpc) is 2.84. The maximum Gasteiger partial charge on any atom is 0.0658 e. The molecule has 0 atom stereocenters. The molecule has 0 fully saturated rings. The van der Waals surface area contributed by atoms with E-state index in [2.05, 4.69) is 95.0 Å². The molecule has 0 aliphatic rings. The predicted octanol–water partition coefficient (Wildman–Crippen LogP) is 6.61. The van der Waals surface area contributed by atoms with Gasteiger partial charge in [0.25, 0.3) is 0 Å². The van der Waals surface area contributed by atoms with Crippen molar-refractivity contribution in [3.05, 3.63) is 131 Å². The van der Waals surface area contributed by atoms with Crippen molar-refractivity contribution in [2.75, 3.05) is 0 Å². The lowest BCUT2D eigenvalue weighted by atomic mass is 10.1. The Kier molecular flexibility index (Phi) is 6.33. The summed E-state index contributed by atoms with van der Waals surface area (Å²) in [4.78, 5) is 2.97. The van der Waals surface area contributed by atoms with Crippen molar-refractivity contribution in [2.24, 2.45) is 9.86 Å². The SMILES string of the molecule is Cc1ccc(N=P(c2ccccc2)(c2ccccc2)c2ccccc2)c(CN=[N+]=[N-])c1. The van der Waals surface area contributed by atoms with Crippen molar-refractivity contribution < 1.29 is 0 Å². The summed E-state index contributed by atoms with van der Waals surface area (Å²) < 4.78 is 5.52. The van der Waals surface area contributed by atoms with E-state index >= 15 is 0 Å². The average molecular weight is 422 g/mol. The molecule has 0 saturated heterocycles. The number of benzene rings is 4. The molecular formula is C26H23N4P. The van der Waals surface area contributed by atoms with Crippen molar-refractivity contribution >= 4 is 28.7 Å². The van der Waals surface area contributed by atoms with Crippen molar-refractivity contribution in [3.63, 3.8) is 0 Å². The molecule has 0 aromatic heterocycles. The number of rotatable bonds is 6. The summed E-state index contributed by atoms with van der Waals surface area (Å²) >= 11 is 0. The van der Waals surface area contributed by atoms with E-state index in [0.717, 1.165) is 16.8 Å². The maximum atomic E-state index is 8.89. The Morgan fingerprint density at radius 3 is 1.65 bits per heavy atom. The minimum Gasteiger partial charge on any atom is -0.254 e. The van der Waals surface area contributed by atoms with Crippen LogP contribution in [0.5, 0.6) is 0 Å². The molecular weight excluding hydrogens is 399 g/mol. The van der Waals surface area contributed by atoms with Gasteiger partial charge in [0.1, 0.15) is 0 Å². The molecule has 5 heteroatoms. The van der Waals surface area contributed by atoms with Gasteiger partial charge in [0, 0.05) is 20.8 Å². The Hall–Kier alpha value is -3.58. The minimum absolute atomic E-state index is 0.273. The van der Waals surface area contributed by atoms with Crippen LogP contribution in [0.15, 0.2) is 119 Å².